The van der Waals surface area contributed by atoms with E-state index in [1.165, 1.54) is 0 Å². The van der Waals surface area contributed by atoms with Crippen molar-refractivity contribution in [2.24, 2.45) is 0 Å². The molecule has 1 aliphatic heterocycles. The van der Waals surface area contributed by atoms with Gasteiger partial charge in [0.05, 0.1) is 18.0 Å². The molecule has 0 amide bonds. The van der Waals surface area contributed by atoms with E-state index in [2.05, 4.69) is 43.0 Å². The zero-order chi connectivity index (χ0) is 25.7. The molecule has 1 aliphatic rings. The second kappa shape index (κ2) is 10.8. The van der Waals surface area contributed by atoms with Crippen LogP contribution in [-0.4, -0.2) is 31.3 Å². The number of carbonyl (C=O) groups excluding carboxylic acids is 1. The van der Waals surface area contributed by atoms with Crippen molar-refractivity contribution in [3.63, 3.8) is 0 Å². The number of nitrogens with zero attached hydrogens (tertiary/aromatic N) is 1. The molecule has 0 saturated carbocycles. The summed E-state index contributed by atoms with van der Waals surface area (Å²) < 4.78 is 22.9. The lowest BCUT2D eigenvalue weighted by molar-refractivity contribution is -0.158. The molecular formula is C30H33NO5. The van der Waals surface area contributed by atoms with Crippen LogP contribution in [-0.2, 0) is 9.53 Å². The van der Waals surface area contributed by atoms with Gasteiger partial charge in [-0.05, 0) is 100 Å². The van der Waals surface area contributed by atoms with Gasteiger partial charge in [-0.25, -0.2) is 4.79 Å². The van der Waals surface area contributed by atoms with E-state index < -0.39 is 11.6 Å². The number of benzene rings is 3. The SMILES string of the molecule is CCOC(=O)C(C)(C)Oc1ccc(OC/C=C(\C)c2ccc3c(c2)N(CC)c2ccccc2O3)cc1. The predicted octanol–water partition coefficient (Wildman–Crippen LogP) is 7.15. The van der Waals surface area contributed by atoms with Gasteiger partial charge in [0.25, 0.3) is 0 Å². The number of allylic oxidation sites excluding steroid dienone is 1. The molecule has 3 aromatic rings. The Bertz CT molecular complexity index is 1250. The number of rotatable bonds is 9. The Balaban J connectivity index is 1.39. The fourth-order valence-corrected chi connectivity index (χ4v) is 4.04. The summed E-state index contributed by atoms with van der Waals surface area (Å²) in [5.74, 6) is 2.63. The third-order valence-electron chi connectivity index (χ3n) is 6.00. The average molecular weight is 488 g/mol. The number of para-hydroxylation sites is 2. The van der Waals surface area contributed by atoms with Crippen LogP contribution in [0.1, 0.15) is 40.2 Å². The summed E-state index contributed by atoms with van der Waals surface area (Å²) in [4.78, 5) is 14.3. The Kier molecular flexibility index (Phi) is 7.53. The van der Waals surface area contributed by atoms with Crippen LogP contribution in [0, 0.1) is 0 Å². The molecule has 0 atom stereocenters. The van der Waals surface area contributed by atoms with Gasteiger partial charge in [0.15, 0.2) is 17.1 Å². The second-order valence-electron chi connectivity index (χ2n) is 9.00. The average Bonchev–Trinajstić information content (AvgIpc) is 2.87. The van der Waals surface area contributed by atoms with E-state index in [1.54, 1.807) is 32.9 Å². The molecule has 0 fully saturated rings. The zero-order valence-electron chi connectivity index (χ0n) is 21.5. The van der Waals surface area contributed by atoms with Crippen LogP contribution in [0.25, 0.3) is 5.57 Å². The number of ether oxygens (including phenoxy) is 4. The van der Waals surface area contributed by atoms with E-state index in [4.69, 9.17) is 18.9 Å². The van der Waals surface area contributed by atoms with Gasteiger partial charge in [0.1, 0.15) is 18.1 Å². The smallest absolute Gasteiger partial charge is 0.349 e. The fraction of sp³-hybridized carbons (Fsp3) is 0.300. The molecule has 0 unspecified atom stereocenters. The lowest BCUT2D eigenvalue weighted by atomic mass is 10.0. The highest BCUT2D eigenvalue weighted by molar-refractivity contribution is 5.81. The Labute approximate surface area is 213 Å². The van der Waals surface area contributed by atoms with Gasteiger partial charge in [0, 0.05) is 6.54 Å². The number of carbonyl (C=O) groups is 1. The molecule has 4 rings (SSSR count). The van der Waals surface area contributed by atoms with Crippen LogP contribution in [0.4, 0.5) is 11.4 Å². The van der Waals surface area contributed by atoms with Gasteiger partial charge >= 0.3 is 5.97 Å². The maximum absolute atomic E-state index is 12.0. The standard InChI is InChI=1S/C30H33NO5/c1-6-31-25-10-8-9-11-27(25)35-28-17-12-22(20-26(28)31)21(3)18-19-34-23-13-15-24(16-14-23)36-30(4,5)29(32)33-7-2/h8-18,20H,6-7,19H2,1-5H3/b21-18+. The van der Waals surface area contributed by atoms with Crippen LogP contribution in [0.2, 0.25) is 0 Å². The van der Waals surface area contributed by atoms with Crippen molar-refractivity contribution in [2.45, 2.75) is 40.2 Å². The normalized spacial score (nSPS) is 12.8. The van der Waals surface area contributed by atoms with E-state index in [1.807, 2.05) is 36.4 Å². The minimum absolute atomic E-state index is 0.315. The van der Waals surface area contributed by atoms with Gasteiger partial charge in [-0.15, -0.1) is 0 Å². The maximum Gasteiger partial charge on any atom is 0.349 e. The van der Waals surface area contributed by atoms with Gasteiger partial charge in [0.2, 0.25) is 0 Å². The number of fused-ring (bicyclic) bond motifs is 2. The minimum atomic E-state index is -1.06. The summed E-state index contributed by atoms with van der Waals surface area (Å²) in [6.45, 7) is 11.0. The predicted molar refractivity (Wildman–Crippen MR) is 143 cm³/mol. The first-order valence-corrected chi connectivity index (χ1v) is 12.3. The van der Waals surface area contributed by atoms with Crippen LogP contribution in [0.3, 0.4) is 0 Å². The van der Waals surface area contributed by atoms with Crippen molar-refractivity contribution in [3.8, 4) is 23.0 Å². The first-order valence-electron chi connectivity index (χ1n) is 12.3. The molecule has 3 aromatic carbocycles. The van der Waals surface area contributed by atoms with Crippen LogP contribution < -0.4 is 19.1 Å². The van der Waals surface area contributed by atoms with Crippen LogP contribution >= 0.6 is 0 Å². The number of hydrogen-bond acceptors (Lipinski definition) is 6. The second-order valence-corrected chi connectivity index (χ2v) is 9.00. The van der Waals surface area contributed by atoms with Gasteiger partial charge < -0.3 is 23.8 Å². The number of esters is 1. The van der Waals surface area contributed by atoms with E-state index >= 15 is 0 Å². The van der Waals surface area contributed by atoms with Gasteiger partial charge in [-0.1, -0.05) is 18.2 Å². The Morgan fingerprint density at radius 3 is 2.36 bits per heavy atom. The fourth-order valence-electron chi connectivity index (χ4n) is 4.04. The van der Waals surface area contributed by atoms with E-state index in [0.717, 1.165) is 40.6 Å². The number of anilines is 2. The van der Waals surface area contributed by atoms with Gasteiger partial charge in [-0.3, -0.25) is 0 Å². The Morgan fingerprint density at radius 1 is 0.944 bits per heavy atom. The van der Waals surface area contributed by atoms with Crippen LogP contribution in [0.15, 0.2) is 72.8 Å². The maximum atomic E-state index is 12.0. The summed E-state index contributed by atoms with van der Waals surface area (Å²) in [6.07, 6.45) is 2.06. The summed E-state index contributed by atoms with van der Waals surface area (Å²) >= 11 is 0. The van der Waals surface area contributed by atoms with Crippen molar-refractivity contribution in [2.75, 3.05) is 24.7 Å². The molecule has 0 aliphatic carbocycles. The van der Waals surface area contributed by atoms with Gasteiger partial charge in [-0.2, -0.15) is 0 Å². The largest absolute Gasteiger partial charge is 0.490 e. The van der Waals surface area contributed by atoms with E-state index in [0.29, 0.717) is 24.7 Å². The van der Waals surface area contributed by atoms with Crippen molar-refractivity contribution in [1.29, 1.82) is 0 Å². The quantitative estimate of drug-likeness (QED) is 0.299. The summed E-state index contributed by atoms with van der Waals surface area (Å²) in [5, 5.41) is 0. The Hall–Kier alpha value is -3.93. The third kappa shape index (κ3) is 5.48. The van der Waals surface area contributed by atoms with Crippen LogP contribution in [0.5, 0.6) is 23.0 Å². The summed E-state index contributed by atoms with van der Waals surface area (Å²) in [7, 11) is 0. The monoisotopic (exact) mass is 487 g/mol. The first-order chi connectivity index (χ1) is 17.3. The highest BCUT2D eigenvalue weighted by Crippen LogP contribution is 2.47. The molecule has 36 heavy (non-hydrogen) atoms. The summed E-state index contributed by atoms with van der Waals surface area (Å²) in [6, 6.07) is 21.6. The lowest BCUT2D eigenvalue weighted by Gasteiger charge is -2.32. The lowest BCUT2D eigenvalue weighted by Crippen LogP contribution is -2.39. The molecule has 6 nitrogen and oxygen atoms in total. The molecule has 0 bridgehead atoms. The van der Waals surface area contributed by atoms with Crippen molar-refractivity contribution >= 4 is 22.9 Å². The van der Waals surface area contributed by atoms with Crippen molar-refractivity contribution < 1.29 is 23.7 Å². The molecular weight excluding hydrogens is 454 g/mol. The number of hydrogen-bond donors (Lipinski definition) is 0. The zero-order valence-corrected chi connectivity index (χ0v) is 21.5. The van der Waals surface area contributed by atoms with Crippen molar-refractivity contribution in [1.82, 2.24) is 0 Å². The van der Waals surface area contributed by atoms with E-state index in [9.17, 15) is 4.79 Å². The van der Waals surface area contributed by atoms with Crippen molar-refractivity contribution in [3.05, 3.63) is 78.4 Å². The highest BCUT2D eigenvalue weighted by atomic mass is 16.6. The Morgan fingerprint density at radius 2 is 1.64 bits per heavy atom. The topological polar surface area (TPSA) is 57.2 Å². The molecule has 0 aromatic heterocycles. The highest BCUT2D eigenvalue weighted by Gasteiger charge is 2.31. The summed E-state index contributed by atoms with van der Waals surface area (Å²) in [5.41, 5.74) is 3.30. The third-order valence-corrected chi connectivity index (χ3v) is 6.00. The van der Waals surface area contributed by atoms with E-state index in [-0.39, 0.29) is 0 Å². The molecule has 1 heterocycles. The molecule has 188 valence electrons. The molecule has 0 radical (unpaired) electrons. The molecule has 6 heteroatoms. The molecule has 0 saturated heterocycles. The first kappa shape index (κ1) is 25.2. The minimum Gasteiger partial charge on any atom is -0.490 e. The molecule has 0 spiro atoms. The molecule has 0 N–H and O–H groups in total.